The predicted molar refractivity (Wildman–Crippen MR) is 66.9 cm³/mol. The summed E-state index contributed by atoms with van der Waals surface area (Å²) in [5.41, 5.74) is 2.18. The second-order valence-corrected chi connectivity index (χ2v) is 4.02. The molecular weight excluding hydrogens is 232 g/mol. The number of hydrogen-bond acceptors (Lipinski definition) is 3. The monoisotopic (exact) mass is 248 g/mol. The molecule has 1 aromatic rings. The minimum Gasteiger partial charge on any atom is -0.352 e. The Hall–Kier alpha value is -2.17. The average molecular weight is 248 g/mol. The normalized spacial score (nSPS) is 9.67. The van der Waals surface area contributed by atoms with Gasteiger partial charge in [0.15, 0.2) is 0 Å². The highest BCUT2D eigenvalue weighted by molar-refractivity contribution is 5.76. The van der Waals surface area contributed by atoms with Crippen molar-refractivity contribution in [2.24, 2.45) is 0 Å². The van der Waals surface area contributed by atoms with Gasteiger partial charge in [0.05, 0.1) is 0 Å². The van der Waals surface area contributed by atoms with Crippen molar-refractivity contribution < 1.29 is 14.4 Å². The highest BCUT2D eigenvalue weighted by Gasteiger charge is 2.02. The molecule has 0 saturated carbocycles. The summed E-state index contributed by atoms with van der Waals surface area (Å²) in [6, 6.07) is 5.26. The molecule has 0 saturated heterocycles. The molecule has 0 aromatic heterocycles. The zero-order valence-electron chi connectivity index (χ0n) is 10.4. The summed E-state index contributed by atoms with van der Waals surface area (Å²) in [6.45, 7) is 3.59. The molecule has 0 unspecified atom stereocenters. The summed E-state index contributed by atoms with van der Waals surface area (Å²) in [5.74, 6) is -0.259. The van der Waals surface area contributed by atoms with Gasteiger partial charge in [-0.25, -0.2) is 0 Å². The quantitative estimate of drug-likeness (QED) is 0.756. The third-order valence-electron chi connectivity index (χ3n) is 2.29. The van der Waals surface area contributed by atoms with Crippen LogP contribution >= 0.6 is 0 Å². The molecular formula is C13H16N2O3. The van der Waals surface area contributed by atoms with Gasteiger partial charge in [-0.3, -0.25) is 14.4 Å². The molecule has 2 amide bonds. The van der Waals surface area contributed by atoms with E-state index in [9.17, 15) is 14.4 Å². The topological polar surface area (TPSA) is 75.3 Å². The zero-order chi connectivity index (χ0) is 13.5. The second kappa shape index (κ2) is 6.54. The van der Waals surface area contributed by atoms with E-state index in [0.29, 0.717) is 18.7 Å². The Morgan fingerprint density at radius 1 is 1.00 bits per heavy atom. The molecule has 0 atom stereocenters. The first-order chi connectivity index (χ1) is 8.51. The molecule has 1 rings (SSSR count). The van der Waals surface area contributed by atoms with Crippen LogP contribution in [0.5, 0.6) is 0 Å². The van der Waals surface area contributed by atoms with Crippen molar-refractivity contribution in [2.45, 2.75) is 26.9 Å². The van der Waals surface area contributed by atoms with Crippen LogP contribution in [-0.2, 0) is 22.7 Å². The van der Waals surface area contributed by atoms with E-state index in [1.807, 2.05) is 6.07 Å². The van der Waals surface area contributed by atoms with Crippen molar-refractivity contribution in [1.82, 2.24) is 10.6 Å². The molecule has 5 nitrogen and oxygen atoms in total. The van der Waals surface area contributed by atoms with Gasteiger partial charge in [-0.05, 0) is 23.3 Å². The summed E-state index contributed by atoms with van der Waals surface area (Å²) in [5, 5.41) is 5.33. The van der Waals surface area contributed by atoms with Gasteiger partial charge in [0.25, 0.3) is 0 Å². The molecule has 5 heteroatoms. The molecule has 0 fully saturated rings. The lowest BCUT2D eigenvalue weighted by atomic mass is 10.1. The van der Waals surface area contributed by atoms with Crippen molar-refractivity contribution in [3.05, 3.63) is 34.9 Å². The van der Waals surface area contributed by atoms with Gasteiger partial charge in [0, 0.05) is 32.5 Å². The largest absolute Gasteiger partial charge is 0.352 e. The lowest BCUT2D eigenvalue weighted by molar-refractivity contribution is -0.119. The van der Waals surface area contributed by atoms with Crippen molar-refractivity contribution in [1.29, 1.82) is 0 Å². The molecule has 0 radical (unpaired) electrons. The van der Waals surface area contributed by atoms with Gasteiger partial charge in [-0.2, -0.15) is 0 Å². The Kier molecular flexibility index (Phi) is 5.05. The van der Waals surface area contributed by atoms with Crippen LogP contribution in [-0.4, -0.2) is 18.1 Å². The second-order valence-electron chi connectivity index (χ2n) is 4.02. The Balaban J connectivity index is 2.83. The maximum atomic E-state index is 10.8. The highest BCUT2D eigenvalue weighted by atomic mass is 16.2. The van der Waals surface area contributed by atoms with Crippen LogP contribution in [0.1, 0.15) is 35.3 Å². The van der Waals surface area contributed by atoms with Gasteiger partial charge < -0.3 is 10.6 Å². The van der Waals surface area contributed by atoms with Gasteiger partial charge in [0.2, 0.25) is 11.8 Å². The molecule has 96 valence electrons. The predicted octanol–water partition coefficient (Wildman–Crippen LogP) is 0.771. The first-order valence-corrected chi connectivity index (χ1v) is 5.58. The van der Waals surface area contributed by atoms with E-state index < -0.39 is 0 Å². The molecule has 0 heterocycles. The fourth-order valence-corrected chi connectivity index (χ4v) is 1.52. The van der Waals surface area contributed by atoms with E-state index in [1.54, 1.807) is 12.1 Å². The molecule has 0 aliphatic carbocycles. The van der Waals surface area contributed by atoms with Crippen molar-refractivity contribution >= 4 is 18.1 Å². The van der Waals surface area contributed by atoms with Gasteiger partial charge in [-0.1, -0.05) is 6.07 Å². The van der Waals surface area contributed by atoms with Crippen LogP contribution in [0.25, 0.3) is 0 Å². The Morgan fingerprint density at radius 3 is 1.78 bits per heavy atom. The number of rotatable bonds is 5. The van der Waals surface area contributed by atoms with E-state index >= 15 is 0 Å². The number of nitrogens with one attached hydrogen (secondary N) is 2. The van der Waals surface area contributed by atoms with E-state index in [1.165, 1.54) is 13.8 Å². The van der Waals surface area contributed by atoms with Gasteiger partial charge in [0.1, 0.15) is 6.29 Å². The summed E-state index contributed by atoms with van der Waals surface area (Å²) in [6.07, 6.45) is 0.745. The molecule has 0 spiro atoms. The number of amides is 2. The van der Waals surface area contributed by atoms with Gasteiger partial charge in [-0.15, -0.1) is 0 Å². The third-order valence-corrected chi connectivity index (χ3v) is 2.29. The maximum Gasteiger partial charge on any atom is 0.217 e. The van der Waals surface area contributed by atoms with Crippen molar-refractivity contribution in [2.75, 3.05) is 0 Å². The number of carbonyl (C=O) groups excluding carboxylic acids is 3. The first-order valence-electron chi connectivity index (χ1n) is 5.58. The molecule has 2 N–H and O–H groups in total. The van der Waals surface area contributed by atoms with Crippen LogP contribution in [0.2, 0.25) is 0 Å². The van der Waals surface area contributed by atoms with Crippen LogP contribution in [0.15, 0.2) is 18.2 Å². The fraction of sp³-hybridized carbons (Fsp3) is 0.308. The lowest BCUT2D eigenvalue weighted by Crippen LogP contribution is -2.21. The Bertz CT molecular complexity index is 433. The van der Waals surface area contributed by atoms with Crippen LogP contribution < -0.4 is 10.6 Å². The summed E-state index contributed by atoms with van der Waals surface area (Å²) in [7, 11) is 0. The highest BCUT2D eigenvalue weighted by Crippen LogP contribution is 2.09. The number of aldehydes is 1. The van der Waals surface area contributed by atoms with E-state index in [0.717, 1.165) is 17.4 Å². The SMILES string of the molecule is CC(=O)NCc1cc(C=O)cc(CNC(C)=O)c1. The fourth-order valence-electron chi connectivity index (χ4n) is 1.52. The van der Waals surface area contributed by atoms with Gasteiger partial charge >= 0.3 is 0 Å². The smallest absolute Gasteiger partial charge is 0.217 e. The molecule has 0 bridgehead atoms. The van der Waals surface area contributed by atoms with Crippen molar-refractivity contribution in [3.8, 4) is 0 Å². The first kappa shape index (κ1) is 13.9. The van der Waals surface area contributed by atoms with E-state index in [-0.39, 0.29) is 11.8 Å². The lowest BCUT2D eigenvalue weighted by Gasteiger charge is -2.08. The maximum absolute atomic E-state index is 10.8. The molecule has 0 aliphatic rings. The van der Waals surface area contributed by atoms with Crippen molar-refractivity contribution in [3.63, 3.8) is 0 Å². The van der Waals surface area contributed by atoms with E-state index in [4.69, 9.17) is 0 Å². The molecule has 1 aromatic carbocycles. The summed E-state index contributed by atoms with van der Waals surface area (Å²) >= 11 is 0. The summed E-state index contributed by atoms with van der Waals surface area (Å²) < 4.78 is 0. The van der Waals surface area contributed by atoms with Crippen LogP contribution in [0, 0.1) is 0 Å². The number of carbonyl (C=O) groups is 3. The number of hydrogen-bond donors (Lipinski definition) is 2. The minimum atomic E-state index is -0.130. The van der Waals surface area contributed by atoms with Crippen LogP contribution in [0.4, 0.5) is 0 Å². The van der Waals surface area contributed by atoms with E-state index in [2.05, 4.69) is 10.6 Å². The average Bonchev–Trinajstić information content (AvgIpc) is 2.33. The summed E-state index contributed by atoms with van der Waals surface area (Å²) in [4.78, 5) is 32.5. The standard InChI is InChI=1S/C13H16N2O3/c1-9(17)14-6-11-3-12(7-15-10(2)18)5-13(4-11)8-16/h3-5,8H,6-7H2,1-2H3,(H,14,17)(H,15,18). The zero-order valence-corrected chi connectivity index (χ0v) is 10.4. The Morgan fingerprint density at radius 2 is 1.44 bits per heavy atom. The minimum absolute atomic E-state index is 0.130. The third kappa shape index (κ3) is 4.78. The Labute approximate surface area is 106 Å². The number of benzene rings is 1. The molecule has 0 aliphatic heterocycles. The molecule has 18 heavy (non-hydrogen) atoms. The van der Waals surface area contributed by atoms with Crippen LogP contribution in [0.3, 0.4) is 0 Å².